The second kappa shape index (κ2) is 6.44. The van der Waals surface area contributed by atoms with Crippen molar-refractivity contribution in [3.63, 3.8) is 0 Å². The van der Waals surface area contributed by atoms with Gasteiger partial charge < -0.3 is 5.32 Å². The highest BCUT2D eigenvalue weighted by Crippen LogP contribution is 2.16. The molecule has 1 atom stereocenters. The summed E-state index contributed by atoms with van der Waals surface area (Å²) < 4.78 is 26.9. The van der Waals surface area contributed by atoms with Crippen LogP contribution >= 0.6 is 0 Å². The SMILES string of the molecule is CC(C)N(Cc1cc(F)ccc1F)CC1CCCN1. The van der Waals surface area contributed by atoms with E-state index in [0.29, 0.717) is 24.2 Å². The average Bonchev–Trinajstić information content (AvgIpc) is 2.85. The molecule has 1 unspecified atom stereocenters. The fourth-order valence-electron chi connectivity index (χ4n) is 2.54. The number of nitrogens with one attached hydrogen (secondary N) is 1. The molecule has 1 heterocycles. The predicted molar refractivity (Wildman–Crippen MR) is 72.9 cm³/mol. The third-order valence-electron chi connectivity index (χ3n) is 3.73. The van der Waals surface area contributed by atoms with Gasteiger partial charge in [0.2, 0.25) is 0 Å². The smallest absolute Gasteiger partial charge is 0.127 e. The van der Waals surface area contributed by atoms with Gasteiger partial charge in [-0.05, 0) is 51.4 Å². The van der Waals surface area contributed by atoms with Crippen LogP contribution in [0.25, 0.3) is 0 Å². The van der Waals surface area contributed by atoms with E-state index in [4.69, 9.17) is 0 Å². The van der Waals surface area contributed by atoms with Gasteiger partial charge in [0.05, 0.1) is 0 Å². The molecule has 0 saturated carbocycles. The van der Waals surface area contributed by atoms with E-state index in [2.05, 4.69) is 24.1 Å². The van der Waals surface area contributed by atoms with Crippen LogP contribution in [0, 0.1) is 11.6 Å². The summed E-state index contributed by atoms with van der Waals surface area (Å²) in [6.45, 7) is 6.58. The van der Waals surface area contributed by atoms with Crippen molar-refractivity contribution in [2.45, 2.75) is 45.3 Å². The van der Waals surface area contributed by atoms with Crippen LogP contribution in [0.15, 0.2) is 18.2 Å². The third kappa shape index (κ3) is 3.98. The van der Waals surface area contributed by atoms with Crippen LogP contribution in [0.3, 0.4) is 0 Å². The molecule has 2 rings (SSSR count). The lowest BCUT2D eigenvalue weighted by molar-refractivity contribution is 0.191. The van der Waals surface area contributed by atoms with Crippen molar-refractivity contribution < 1.29 is 8.78 Å². The fourth-order valence-corrected chi connectivity index (χ4v) is 2.54. The number of nitrogens with zero attached hydrogens (tertiary/aromatic N) is 1. The van der Waals surface area contributed by atoms with Crippen LogP contribution in [0.1, 0.15) is 32.3 Å². The zero-order valence-corrected chi connectivity index (χ0v) is 11.6. The maximum Gasteiger partial charge on any atom is 0.127 e. The zero-order chi connectivity index (χ0) is 13.8. The lowest BCUT2D eigenvalue weighted by Gasteiger charge is -2.29. The Morgan fingerprint density at radius 1 is 1.37 bits per heavy atom. The van der Waals surface area contributed by atoms with Gasteiger partial charge in [0.25, 0.3) is 0 Å². The Labute approximate surface area is 113 Å². The number of halogens is 2. The molecule has 1 fully saturated rings. The van der Waals surface area contributed by atoms with Crippen molar-refractivity contribution in [2.75, 3.05) is 13.1 Å². The highest BCUT2D eigenvalue weighted by Gasteiger charge is 2.20. The molecule has 1 N–H and O–H groups in total. The Morgan fingerprint density at radius 3 is 2.79 bits per heavy atom. The Hall–Kier alpha value is -1.00. The molecular formula is C15H22F2N2. The van der Waals surface area contributed by atoms with Gasteiger partial charge in [-0.1, -0.05) is 0 Å². The molecule has 106 valence electrons. The minimum Gasteiger partial charge on any atom is -0.313 e. The Balaban J connectivity index is 2.04. The fraction of sp³-hybridized carbons (Fsp3) is 0.600. The largest absolute Gasteiger partial charge is 0.313 e. The summed E-state index contributed by atoms with van der Waals surface area (Å²) in [6, 6.07) is 4.45. The van der Waals surface area contributed by atoms with Crippen molar-refractivity contribution in [1.82, 2.24) is 10.2 Å². The van der Waals surface area contributed by atoms with E-state index >= 15 is 0 Å². The first-order chi connectivity index (χ1) is 9.06. The van der Waals surface area contributed by atoms with Crippen LogP contribution < -0.4 is 5.32 Å². The van der Waals surface area contributed by atoms with Crippen molar-refractivity contribution in [2.24, 2.45) is 0 Å². The molecule has 19 heavy (non-hydrogen) atoms. The van der Waals surface area contributed by atoms with Gasteiger partial charge in [0.15, 0.2) is 0 Å². The van der Waals surface area contributed by atoms with Gasteiger partial charge in [-0.25, -0.2) is 8.78 Å². The lowest BCUT2D eigenvalue weighted by atomic mass is 10.1. The summed E-state index contributed by atoms with van der Waals surface area (Å²) in [7, 11) is 0. The number of hydrogen-bond donors (Lipinski definition) is 1. The topological polar surface area (TPSA) is 15.3 Å². The van der Waals surface area contributed by atoms with E-state index in [1.807, 2.05) is 0 Å². The van der Waals surface area contributed by atoms with Crippen LogP contribution in [0.2, 0.25) is 0 Å². The molecule has 1 aliphatic rings. The predicted octanol–water partition coefficient (Wildman–Crippen LogP) is 2.93. The Kier molecular flexibility index (Phi) is 4.88. The van der Waals surface area contributed by atoms with Gasteiger partial charge in [-0.3, -0.25) is 4.90 Å². The van der Waals surface area contributed by atoms with Gasteiger partial charge in [-0.2, -0.15) is 0 Å². The standard InChI is InChI=1S/C15H22F2N2/c1-11(2)19(10-14-4-3-7-18-14)9-12-8-13(16)5-6-15(12)17/h5-6,8,11,14,18H,3-4,7,9-10H2,1-2H3. The molecule has 1 aromatic carbocycles. The molecule has 0 radical (unpaired) electrons. The molecule has 0 aromatic heterocycles. The van der Waals surface area contributed by atoms with Crippen LogP contribution in [-0.4, -0.2) is 30.1 Å². The second-order valence-corrected chi connectivity index (χ2v) is 5.55. The molecule has 0 aliphatic carbocycles. The first-order valence-corrected chi connectivity index (χ1v) is 6.97. The normalized spacial score (nSPS) is 19.6. The van der Waals surface area contributed by atoms with Crippen molar-refractivity contribution in [3.8, 4) is 0 Å². The minimum atomic E-state index is -0.376. The summed E-state index contributed by atoms with van der Waals surface area (Å²) in [4.78, 5) is 2.20. The summed E-state index contributed by atoms with van der Waals surface area (Å²) in [6.07, 6.45) is 2.36. The molecule has 4 heteroatoms. The molecule has 0 bridgehead atoms. The molecule has 0 spiro atoms. The van der Waals surface area contributed by atoms with Gasteiger partial charge >= 0.3 is 0 Å². The molecular weight excluding hydrogens is 246 g/mol. The van der Waals surface area contributed by atoms with Crippen LogP contribution in [-0.2, 0) is 6.54 Å². The molecule has 1 aromatic rings. The van der Waals surface area contributed by atoms with Crippen LogP contribution in [0.5, 0.6) is 0 Å². The maximum atomic E-state index is 13.7. The quantitative estimate of drug-likeness (QED) is 0.883. The van der Waals surface area contributed by atoms with E-state index in [1.165, 1.54) is 18.6 Å². The second-order valence-electron chi connectivity index (χ2n) is 5.55. The lowest BCUT2D eigenvalue weighted by Crippen LogP contribution is -2.40. The van der Waals surface area contributed by atoms with E-state index in [-0.39, 0.29) is 11.6 Å². The summed E-state index contributed by atoms with van der Waals surface area (Å²) in [5.74, 6) is -0.703. The minimum absolute atomic E-state index is 0.310. The number of hydrogen-bond acceptors (Lipinski definition) is 2. The monoisotopic (exact) mass is 268 g/mol. The molecule has 0 amide bonds. The van der Waals surface area contributed by atoms with E-state index in [9.17, 15) is 8.78 Å². The number of benzene rings is 1. The van der Waals surface area contributed by atoms with Crippen molar-refractivity contribution in [3.05, 3.63) is 35.4 Å². The van der Waals surface area contributed by atoms with Crippen molar-refractivity contribution in [1.29, 1.82) is 0 Å². The average molecular weight is 268 g/mol. The first-order valence-electron chi connectivity index (χ1n) is 6.97. The van der Waals surface area contributed by atoms with Crippen LogP contribution in [0.4, 0.5) is 8.78 Å². The van der Waals surface area contributed by atoms with Gasteiger partial charge in [0.1, 0.15) is 11.6 Å². The molecule has 2 nitrogen and oxygen atoms in total. The van der Waals surface area contributed by atoms with E-state index in [1.54, 1.807) is 0 Å². The number of rotatable bonds is 5. The zero-order valence-electron chi connectivity index (χ0n) is 11.6. The van der Waals surface area contributed by atoms with Gasteiger partial charge in [0, 0.05) is 30.7 Å². The third-order valence-corrected chi connectivity index (χ3v) is 3.73. The van der Waals surface area contributed by atoms with E-state index < -0.39 is 0 Å². The van der Waals surface area contributed by atoms with E-state index in [0.717, 1.165) is 25.6 Å². The summed E-state index contributed by atoms with van der Waals surface area (Å²) >= 11 is 0. The molecule has 1 saturated heterocycles. The Bertz CT molecular complexity index is 415. The maximum absolute atomic E-state index is 13.7. The van der Waals surface area contributed by atoms with Gasteiger partial charge in [-0.15, -0.1) is 0 Å². The highest BCUT2D eigenvalue weighted by molar-refractivity contribution is 5.18. The van der Waals surface area contributed by atoms with Crippen molar-refractivity contribution >= 4 is 0 Å². The summed E-state index contributed by atoms with van der Waals surface area (Å²) in [5.41, 5.74) is 0.437. The molecule has 1 aliphatic heterocycles. The highest BCUT2D eigenvalue weighted by atomic mass is 19.1. The summed E-state index contributed by atoms with van der Waals surface area (Å²) in [5, 5.41) is 3.44. The first kappa shape index (κ1) is 14.4. The Morgan fingerprint density at radius 2 is 2.16 bits per heavy atom.